The zero-order valence-electron chi connectivity index (χ0n) is 14.5. The molecule has 0 bridgehead atoms. The highest BCUT2D eigenvalue weighted by molar-refractivity contribution is 7.89. The molecule has 1 saturated heterocycles. The van der Waals surface area contributed by atoms with E-state index >= 15 is 0 Å². The molecule has 0 unspecified atom stereocenters. The van der Waals surface area contributed by atoms with Crippen molar-refractivity contribution in [2.24, 2.45) is 0 Å². The first kappa shape index (κ1) is 18.8. The molecule has 0 radical (unpaired) electrons. The summed E-state index contributed by atoms with van der Waals surface area (Å²) in [5.41, 5.74) is 1.10. The Kier molecular flexibility index (Phi) is 6.26. The largest absolute Gasteiger partial charge is 0.491 e. The van der Waals surface area contributed by atoms with E-state index in [2.05, 4.69) is 9.62 Å². The normalized spacial score (nSPS) is 18.1. The molecule has 0 aromatic heterocycles. The molecule has 1 atom stereocenters. The van der Waals surface area contributed by atoms with Crippen molar-refractivity contribution in [1.82, 2.24) is 9.62 Å². The second-order valence-electron chi connectivity index (χ2n) is 6.37. The molecule has 0 amide bonds. The highest BCUT2D eigenvalue weighted by atomic mass is 32.2. The van der Waals surface area contributed by atoms with E-state index in [1.54, 1.807) is 30.3 Å². The van der Waals surface area contributed by atoms with Crippen LogP contribution in [0, 0.1) is 0 Å². The molecule has 2 N–H and O–H groups in total. The molecule has 1 heterocycles. The molecule has 0 saturated carbocycles. The van der Waals surface area contributed by atoms with E-state index in [9.17, 15) is 8.42 Å². The molecule has 0 aliphatic carbocycles. The van der Waals surface area contributed by atoms with Gasteiger partial charge in [0.25, 0.3) is 0 Å². The zero-order chi connectivity index (χ0) is 18.4. The molecule has 7 heteroatoms. The van der Waals surface area contributed by atoms with Crippen LogP contribution < -0.4 is 9.46 Å². The number of hydrogen-bond donors (Lipinski definition) is 2. The fourth-order valence-electron chi connectivity index (χ4n) is 3.11. The Labute approximate surface area is 154 Å². The standard InChI is InChI=1S/C19H24N2O4S/c22-11-12-25-18-6-4-5-16(13-18)14-21-10-9-17(15-21)20-26(23,24)19-7-2-1-3-8-19/h1-8,13,17,20,22H,9-12,14-15H2/t17-/m1/s1. The summed E-state index contributed by atoms with van der Waals surface area (Å²) >= 11 is 0. The predicted octanol–water partition coefficient (Wildman–Crippen LogP) is 1.61. The highest BCUT2D eigenvalue weighted by Crippen LogP contribution is 2.19. The van der Waals surface area contributed by atoms with Gasteiger partial charge in [0, 0.05) is 25.7 Å². The van der Waals surface area contributed by atoms with Crippen LogP contribution in [0.2, 0.25) is 0 Å². The second-order valence-corrected chi connectivity index (χ2v) is 8.09. The van der Waals surface area contributed by atoms with Crippen molar-refractivity contribution in [2.45, 2.75) is 23.9 Å². The molecule has 1 aliphatic rings. The SMILES string of the molecule is O=S(=O)(N[C@@H]1CCN(Cc2cccc(OCCO)c2)C1)c1ccccc1. The van der Waals surface area contributed by atoms with E-state index in [-0.39, 0.29) is 19.3 Å². The summed E-state index contributed by atoms with van der Waals surface area (Å²) in [5.74, 6) is 0.733. The van der Waals surface area contributed by atoms with Gasteiger partial charge in [-0.05, 0) is 36.2 Å². The van der Waals surface area contributed by atoms with Gasteiger partial charge in [0.15, 0.2) is 0 Å². The Balaban J connectivity index is 1.56. The van der Waals surface area contributed by atoms with E-state index in [0.717, 1.165) is 30.8 Å². The van der Waals surface area contributed by atoms with E-state index in [4.69, 9.17) is 9.84 Å². The molecule has 2 aromatic carbocycles. The lowest BCUT2D eigenvalue weighted by Gasteiger charge is -2.17. The van der Waals surface area contributed by atoms with Crippen LogP contribution in [-0.2, 0) is 16.6 Å². The van der Waals surface area contributed by atoms with E-state index < -0.39 is 10.0 Å². The lowest BCUT2D eigenvalue weighted by Crippen LogP contribution is -2.36. The van der Waals surface area contributed by atoms with Gasteiger partial charge in [0.1, 0.15) is 12.4 Å². The van der Waals surface area contributed by atoms with Crippen LogP contribution in [0.25, 0.3) is 0 Å². The van der Waals surface area contributed by atoms with Crippen molar-refractivity contribution in [1.29, 1.82) is 0 Å². The lowest BCUT2D eigenvalue weighted by molar-refractivity contribution is 0.201. The van der Waals surface area contributed by atoms with Gasteiger partial charge in [-0.3, -0.25) is 4.90 Å². The second kappa shape index (κ2) is 8.64. The number of nitrogens with one attached hydrogen (secondary N) is 1. The van der Waals surface area contributed by atoms with Crippen LogP contribution >= 0.6 is 0 Å². The molecule has 6 nitrogen and oxygen atoms in total. The average molecular weight is 376 g/mol. The first-order valence-corrected chi connectivity index (χ1v) is 10.2. The van der Waals surface area contributed by atoms with Gasteiger partial charge in [0.05, 0.1) is 11.5 Å². The fourth-order valence-corrected chi connectivity index (χ4v) is 4.40. The molecular formula is C19H24N2O4S. The predicted molar refractivity (Wildman–Crippen MR) is 99.5 cm³/mol. The number of aliphatic hydroxyl groups is 1. The minimum absolute atomic E-state index is 0.0143. The lowest BCUT2D eigenvalue weighted by atomic mass is 10.2. The summed E-state index contributed by atoms with van der Waals surface area (Å²) < 4.78 is 33.1. The summed E-state index contributed by atoms with van der Waals surface area (Å²) in [4.78, 5) is 2.52. The Morgan fingerprint density at radius 2 is 1.96 bits per heavy atom. The van der Waals surface area contributed by atoms with E-state index in [0.29, 0.717) is 11.4 Å². The maximum Gasteiger partial charge on any atom is 0.240 e. The van der Waals surface area contributed by atoms with Gasteiger partial charge in [-0.1, -0.05) is 30.3 Å². The minimum Gasteiger partial charge on any atom is -0.491 e. The number of likely N-dealkylation sites (tertiary alicyclic amines) is 1. The Bertz CT molecular complexity index is 811. The molecular weight excluding hydrogens is 352 g/mol. The topological polar surface area (TPSA) is 78.9 Å². The number of sulfonamides is 1. The van der Waals surface area contributed by atoms with Gasteiger partial charge in [0.2, 0.25) is 10.0 Å². The third-order valence-electron chi connectivity index (χ3n) is 4.31. The van der Waals surface area contributed by atoms with Crippen LogP contribution in [0.1, 0.15) is 12.0 Å². The summed E-state index contributed by atoms with van der Waals surface area (Å²) in [6, 6.07) is 16.1. The third-order valence-corrected chi connectivity index (χ3v) is 5.85. The van der Waals surface area contributed by atoms with Gasteiger partial charge in [-0.2, -0.15) is 0 Å². The van der Waals surface area contributed by atoms with Crippen LogP contribution in [0.3, 0.4) is 0 Å². The first-order valence-electron chi connectivity index (χ1n) is 8.69. The van der Waals surface area contributed by atoms with Crippen molar-refractivity contribution in [2.75, 3.05) is 26.3 Å². The summed E-state index contributed by atoms with van der Waals surface area (Å²) in [6.45, 7) is 2.51. The molecule has 2 aromatic rings. The van der Waals surface area contributed by atoms with Crippen molar-refractivity contribution in [3.63, 3.8) is 0 Å². The zero-order valence-corrected chi connectivity index (χ0v) is 15.4. The Morgan fingerprint density at radius 3 is 2.73 bits per heavy atom. The van der Waals surface area contributed by atoms with Crippen molar-refractivity contribution in [3.8, 4) is 5.75 Å². The number of hydrogen-bond acceptors (Lipinski definition) is 5. The number of ether oxygens (including phenoxy) is 1. The first-order chi connectivity index (χ1) is 12.6. The maximum atomic E-state index is 12.4. The molecule has 1 aliphatic heterocycles. The van der Waals surface area contributed by atoms with Crippen LogP contribution in [-0.4, -0.2) is 50.8 Å². The fraction of sp³-hybridized carbons (Fsp3) is 0.368. The van der Waals surface area contributed by atoms with Crippen LogP contribution in [0.4, 0.5) is 0 Å². The summed E-state index contributed by atoms with van der Waals surface area (Å²) in [5, 5.41) is 8.84. The number of nitrogens with zero attached hydrogens (tertiary/aromatic N) is 1. The van der Waals surface area contributed by atoms with Gasteiger partial charge in [-0.25, -0.2) is 13.1 Å². The Morgan fingerprint density at radius 1 is 1.15 bits per heavy atom. The van der Waals surface area contributed by atoms with Gasteiger partial charge >= 0.3 is 0 Å². The molecule has 0 spiro atoms. The molecule has 3 rings (SSSR count). The van der Waals surface area contributed by atoms with Crippen molar-refractivity contribution >= 4 is 10.0 Å². The van der Waals surface area contributed by atoms with Gasteiger partial charge < -0.3 is 9.84 Å². The van der Waals surface area contributed by atoms with Gasteiger partial charge in [-0.15, -0.1) is 0 Å². The van der Waals surface area contributed by atoms with Crippen molar-refractivity contribution in [3.05, 3.63) is 60.2 Å². The molecule has 26 heavy (non-hydrogen) atoms. The Hall–Kier alpha value is -1.93. The summed E-state index contributed by atoms with van der Waals surface area (Å²) in [7, 11) is -3.48. The van der Waals surface area contributed by atoms with E-state index in [1.807, 2.05) is 24.3 Å². The monoisotopic (exact) mass is 376 g/mol. The third kappa shape index (κ3) is 5.04. The van der Waals surface area contributed by atoms with Crippen molar-refractivity contribution < 1.29 is 18.3 Å². The molecule has 1 fully saturated rings. The number of rotatable bonds is 8. The highest BCUT2D eigenvalue weighted by Gasteiger charge is 2.27. The van der Waals surface area contributed by atoms with Crippen LogP contribution in [0.5, 0.6) is 5.75 Å². The maximum absolute atomic E-state index is 12.4. The number of benzene rings is 2. The number of aliphatic hydroxyl groups excluding tert-OH is 1. The smallest absolute Gasteiger partial charge is 0.240 e. The minimum atomic E-state index is -3.48. The quantitative estimate of drug-likeness (QED) is 0.732. The molecule has 140 valence electrons. The van der Waals surface area contributed by atoms with Crippen LogP contribution in [0.15, 0.2) is 59.5 Å². The average Bonchev–Trinajstić information content (AvgIpc) is 3.07. The summed E-state index contributed by atoms with van der Waals surface area (Å²) in [6.07, 6.45) is 0.784. The van der Waals surface area contributed by atoms with E-state index in [1.165, 1.54) is 0 Å².